The first-order chi connectivity index (χ1) is 17.0. The van der Waals surface area contributed by atoms with Crippen molar-refractivity contribution >= 4 is 23.6 Å². The molecule has 7 nitrogen and oxygen atoms in total. The van der Waals surface area contributed by atoms with E-state index in [2.05, 4.69) is 5.32 Å². The normalized spacial score (nSPS) is 15.5. The molecule has 0 unspecified atom stereocenters. The van der Waals surface area contributed by atoms with Crippen LogP contribution in [-0.2, 0) is 9.53 Å². The number of hydrogen-bond acceptors (Lipinski definition) is 5. The van der Waals surface area contributed by atoms with Crippen molar-refractivity contribution in [1.29, 1.82) is 0 Å². The van der Waals surface area contributed by atoms with Crippen LogP contribution in [-0.4, -0.2) is 37.2 Å². The minimum Gasteiger partial charge on any atom is -0.486 e. The number of urea groups is 1. The molecule has 0 aromatic heterocycles. The van der Waals surface area contributed by atoms with Crippen LogP contribution in [0.1, 0.15) is 18.5 Å². The average molecular weight is 493 g/mol. The number of benzene rings is 3. The lowest BCUT2D eigenvalue weighted by Gasteiger charge is -2.34. The van der Waals surface area contributed by atoms with Crippen LogP contribution in [0, 0.1) is 0 Å². The summed E-state index contributed by atoms with van der Waals surface area (Å²) in [7, 11) is 1.57. The standard InChI is InChI=1S/C27H25ClN2O5/c1-3-33-26(31)24-22(17-34-23-15-8-7-14-21(23)28)30(2)27(32)29-25(24)18-10-9-13-20(16-18)35-19-11-5-4-6-12-19/h4-16,25H,3,17H2,1-2H3,(H,29,32)/t25-/m0/s1. The van der Waals surface area contributed by atoms with Crippen LogP contribution in [0.15, 0.2) is 90.1 Å². The van der Waals surface area contributed by atoms with E-state index in [0.29, 0.717) is 33.5 Å². The molecule has 3 aromatic carbocycles. The molecule has 1 N–H and O–H groups in total. The van der Waals surface area contributed by atoms with E-state index in [9.17, 15) is 9.59 Å². The van der Waals surface area contributed by atoms with Crippen LogP contribution in [0.4, 0.5) is 4.79 Å². The maximum Gasteiger partial charge on any atom is 0.338 e. The van der Waals surface area contributed by atoms with Gasteiger partial charge in [-0.3, -0.25) is 4.90 Å². The van der Waals surface area contributed by atoms with E-state index in [0.717, 1.165) is 0 Å². The van der Waals surface area contributed by atoms with Gasteiger partial charge in [-0.25, -0.2) is 9.59 Å². The minimum absolute atomic E-state index is 0.0570. The minimum atomic E-state index is -0.762. The van der Waals surface area contributed by atoms with E-state index in [1.165, 1.54) is 4.90 Å². The molecule has 1 aliphatic rings. The van der Waals surface area contributed by atoms with Crippen molar-refractivity contribution < 1.29 is 23.8 Å². The number of esters is 1. The second-order valence-electron chi connectivity index (χ2n) is 7.73. The number of likely N-dealkylation sites (N-methyl/N-ethyl adjacent to an activating group) is 1. The third-order valence-electron chi connectivity index (χ3n) is 5.44. The van der Waals surface area contributed by atoms with Crippen molar-refractivity contribution in [3.63, 3.8) is 0 Å². The van der Waals surface area contributed by atoms with Gasteiger partial charge in [-0.2, -0.15) is 0 Å². The number of nitrogens with one attached hydrogen (secondary N) is 1. The third kappa shape index (κ3) is 5.58. The van der Waals surface area contributed by atoms with Crippen molar-refractivity contribution in [3.8, 4) is 17.2 Å². The van der Waals surface area contributed by atoms with Crippen molar-refractivity contribution in [2.24, 2.45) is 0 Å². The Morgan fingerprint density at radius 3 is 2.46 bits per heavy atom. The van der Waals surface area contributed by atoms with Crippen LogP contribution in [0.2, 0.25) is 5.02 Å². The number of hydrogen-bond donors (Lipinski definition) is 1. The van der Waals surface area contributed by atoms with Gasteiger partial charge >= 0.3 is 12.0 Å². The monoisotopic (exact) mass is 492 g/mol. The maximum atomic E-state index is 13.1. The Hall–Kier alpha value is -3.97. The zero-order valence-electron chi connectivity index (χ0n) is 19.4. The highest BCUT2D eigenvalue weighted by molar-refractivity contribution is 6.32. The fraction of sp³-hybridized carbons (Fsp3) is 0.185. The van der Waals surface area contributed by atoms with Gasteiger partial charge in [0.1, 0.15) is 23.9 Å². The van der Waals surface area contributed by atoms with E-state index in [1.54, 1.807) is 50.4 Å². The Morgan fingerprint density at radius 1 is 1.00 bits per heavy atom. The summed E-state index contributed by atoms with van der Waals surface area (Å²) < 4.78 is 17.2. The second-order valence-corrected chi connectivity index (χ2v) is 8.14. The molecule has 180 valence electrons. The quantitative estimate of drug-likeness (QED) is 0.407. The predicted molar refractivity (Wildman–Crippen MR) is 133 cm³/mol. The molecular weight excluding hydrogens is 468 g/mol. The van der Waals surface area contributed by atoms with Crippen LogP contribution in [0.5, 0.6) is 17.2 Å². The second kappa shape index (κ2) is 11.0. The molecule has 0 spiro atoms. The highest BCUT2D eigenvalue weighted by Crippen LogP contribution is 2.34. The number of carbonyl (C=O) groups excluding carboxylic acids is 2. The van der Waals surface area contributed by atoms with Crippen molar-refractivity contribution in [2.45, 2.75) is 13.0 Å². The van der Waals surface area contributed by atoms with Gasteiger partial charge in [-0.05, 0) is 48.9 Å². The Labute approximate surface area is 208 Å². The Kier molecular flexibility index (Phi) is 7.57. The molecule has 0 radical (unpaired) electrons. The van der Waals surface area contributed by atoms with Crippen molar-refractivity contribution in [1.82, 2.24) is 10.2 Å². The lowest BCUT2D eigenvalue weighted by molar-refractivity contribution is -0.139. The largest absolute Gasteiger partial charge is 0.486 e. The number of amides is 2. The third-order valence-corrected chi connectivity index (χ3v) is 5.76. The molecule has 8 heteroatoms. The lowest BCUT2D eigenvalue weighted by Crippen LogP contribution is -2.48. The fourth-order valence-corrected chi connectivity index (χ4v) is 3.91. The number of carbonyl (C=O) groups is 2. The van der Waals surface area contributed by atoms with Gasteiger partial charge < -0.3 is 19.5 Å². The van der Waals surface area contributed by atoms with Gasteiger partial charge in [0.15, 0.2) is 0 Å². The molecule has 1 atom stereocenters. The highest BCUT2D eigenvalue weighted by atomic mass is 35.5. The SMILES string of the molecule is CCOC(=O)C1=C(COc2ccccc2Cl)N(C)C(=O)N[C@H]1c1cccc(Oc2ccccc2)c1. The van der Waals surface area contributed by atoms with Crippen LogP contribution in [0.25, 0.3) is 0 Å². The molecular formula is C27H25ClN2O5. The maximum absolute atomic E-state index is 13.1. The van der Waals surface area contributed by atoms with Crippen molar-refractivity contribution in [3.05, 3.63) is 101 Å². The fourth-order valence-electron chi connectivity index (χ4n) is 3.72. The molecule has 3 aromatic rings. The van der Waals surface area contributed by atoms with E-state index in [4.69, 9.17) is 25.8 Å². The van der Waals surface area contributed by atoms with Crippen molar-refractivity contribution in [2.75, 3.05) is 20.3 Å². The average Bonchev–Trinajstić information content (AvgIpc) is 2.86. The number of halogens is 1. The Bertz CT molecular complexity index is 1250. The smallest absolute Gasteiger partial charge is 0.338 e. The van der Waals surface area contributed by atoms with Crippen LogP contribution < -0.4 is 14.8 Å². The summed E-state index contributed by atoms with van der Waals surface area (Å²) in [6.07, 6.45) is 0. The molecule has 35 heavy (non-hydrogen) atoms. The highest BCUT2D eigenvalue weighted by Gasteiger charge is 2.37. The van der Waals surface area contributed by atoms with Crippen LogP contribution >= 0.6 is 11.6 Å². The zero-order chi connectivity index (χ0) is 24.8. The van der Waals surface area contributed by atoms with E-state index >= 15 is 0 Å². The van der Waals surface area contributed by atoms with Gasteiger partial charge in [-0.1, -0.05) is 54.1 Å². The first-order valence-corrected chi connectivity index (χ1v) is 11.5. The molecule has 0 bridgehead atoms. The first kappa shape index (κ1) is 24.2. The molecule has 1 heterocycles. The molecule has 0 saturated heterocycles. The van der Waals surface area contributed by atoms with Gasteiger partial charge in [0.2, 0.25) is 0 Å². The molecule has 0 aliphatic carbocycles. The van der Waals surface area contributed by atoms with E-state index in [1.807, 2.05) is 42.5 Å². The van der Waals surface area contributed by atoms with Crippen LogP contribution in [0.3, 0.4) is 0 Å². The Balaban J connectivity index is 1.72. The molecule has 4 rings (SSSR count). The Morgan fingerprint density at radius 2 is 1.71 bits per heavy atom. The lowest BCUT2D eigenvalue weighted by atomic mass is 9.94. The molecule has 1 aliphatic heterocycles. The molecule has 0 fully saturated rings. The number of rotatable bonds is 8. The molecule has 2 amide bonds. The summed E-state index contributed by atoms with van der Waals surface area (Å²) in [5.74, 6) is 1.14. The van der Waals surface area contributed by atoms with Gasteiger partial charge in [0.25, 0.3) is 0 Å². The summed E-state index contributed by atoms with van der Waals surface area (Å²) in [4.78, 5) is 27.4. The first-order valence-electron chi connectivity index (χ1n) is 11.1. The zero-order valence-corrected chi connectivity index (χ0v) is 20.1. The van der Waals surface area contributed by atoms with Gasteiger partial charge in [0.05, 0.1) is 28.9 Å². The summed E-state index contributed by atoms with van der Waals surface area (Å²) >= 11 is 6.22. The summed E-state index contributed by atoms with van der Waals surface area (Å²) in [6.45, 7) is 1.86. The summed E-state index contributed by atoms with van der Waals surface area (Å²) in [5, 5.41) is 3.32. The predicted octanol–water partition coefficient (Wildman–Crippen LogP) is 5.72. The number of para-hydroxylation sites is 2. The summed E-state index contributed by atoms with van der Waals surface area (Å²) in [5.41, 5.74) is 1.32. The van der Waals surface area contributed by atoms with Gasteiger partial charge in [-0.15, -0.1) is 0 Å². The van der Waals surface area contributed by atoms with E-state index in [-0.39, 0.29) is 24.8 Å². The molecule has 0 saturated carbocycles. The van der Waals surface area contributed by atoms with Gasteiger partial charge in [0, 0.05) is 7.05 Å². The number of ether oxygens (including phenoxy) is 3. The topological polar surface area (TPSA) is 77.1 Å². The number of nitrogens with zero attached hydrogens (tertiary/aromatic N) is 1. The van der Waals surface area contributed by atoms with E-state index < -0.39 is 12.0 Å². The summed E-state index contributed by atoms with van der Waals surface area (Å²) in [6, 6.07) is 22.4.